The predicted molar refractivity (Wildman–Crippen MR) is 114 cm³/mol. The fourth-order valence-corrected chi connectivity index (χ4v) is 3.03. The molecule has 0 fully saturated rings. The van der Waals surface area contributed by atoms with E-state index in [1.54, 1.807) is 6.20 Å². The Bertz CT molecular complexity index is 836. The lowest BCUT2D eigenvalue weighted by atomic mass is 10.1. The van der Waals surface area contributed by atoms with Crippen LogP contribution in [0.4, 0.5) is 11.5 Å². The number of nitrogens with one attached hydrogen (secondary N) is 1. The van der Waals surface area contributed by atoms with Crippen molar-refractivity contribution in [2.75, 3.05) is 18.4 Å². The zero-order valence-corrected chi connectivity index (χ0v) is 17.2. The van der Waals surface area contributed by atoms with E-state index in [4.69, 9.17) is 5.11 Å². The second-order valence-corrected chi connectivity index (χ2v) is 7.19. The molecule has 0 spiro atoms. The number of aliphatic hydroxyl groups is 1. The minimum atomic E-state index is -0.499. The maximum Gasteiger partial charge on any atom is 0.274 e. The molecule has 30 heavy (non-hydrogen) atoms. The summed E-state index contributed by atoms with van der Waals surface area (Å²) in [6.45, 7) is 1.46. The molecule has 164 valence electrons. The summed E-state index contributed by atoms with van der Waals surface area (Å²) in [7, 11) is 0. The van der Waals surface area contributed by atoms with E-state index in [9.17, 15) is 15.3 Å². The Kier molecular flexibility index (Phi) is 10.4. The van der Waals surface area contributed by atoms with Crippen molar-refractivity contribution in [3.63, 3.8) is 0 Å². The van der Waals surface area contributed by atoms with E-state index in [-0.39, 0.29) is 17.8 Å². The molecule has 0 saturated heterocycles. The number of aromatic nitrogens is 2. The first-order valence-corrected chi connectivity index (χ1v) is 10.5. The molecule has 0 amide bonds. The number of pyridine rings is 2. The van der Waals surface area contributed by atoms with Gasteiger partial charge in [0.25, 0.3) is 5.69 Å². The summed E-state index contributed by atoms with van der Waals surface area (Å²) in [5, 5.41) is 32.7. The van der Waals surface area contributed by atoms with Crippen LogP contribution in [-0.2, 0) is 6.61 Å². The van der Waals surface area contributed by atoms with Crippen LogP contribution in [0.2, 0.25) is 0 Å². The highest BCUT2D eigenvalue weighted by atomic mass is 16.6. The maximum absolute atomic E-state index is 10.8. The third-order valence-electron chi connectivity index (χ3n) is 4.78. The summed E-state index contributed by atoms with van der Waals surface area (Å²) in [5.74, 6) is 0.842. The summed E-state index contributed by atoms with van der Waals surface area (Å²) in [5.41, 5.74) is 0.942. The Morgan fingerprint density at radius 1 is 1.07 bits per heavy atom. The zero-order valence-electron chi connectivity index (χ0n) is 17.2. The van der Waals surface area contributed by atoms with Crippen LogP contribution in [0.1, 0.15) is 56.9 Å². The van der Waals surface area contributed by atoms with Gasteiger partial charge in [-0.25, -0.2) is 4.98 Å². The van der Waals surface area contributed by atoms with Gasteiger partial charge >= 0.3 is 0 Å². The summed E-state index contributed by atoms with van der Waals surface area (Å²) in [6, 6.07) is 6.27. The monoisotopic (exact) mass is 417 g/mol. The first-order valence-electron chi connectivity index (χ1n) is 10.5. The molecule has 0 aliphatic rings. The second-order valence-electron chi connectivity index (χ2n) is 7.19. The lowest BCUT2D eigenvalue weighted by Crippen LogP contribution is -2.18. The minimum Gasteiger partial charge on any atom is -0.427 e. The SMILES string of the molecule is O=[N+]([O-])c1ccn(O)c(=NCCCCCCCCCCNc2ccc(CO)cn2)c1. The molecule has 2 aromatic rings. The Morgan fingerprint density at radius 3 is 2.40 bits per heavy atom. The van der Waals surface area contributed by atoms with Crippen LogP contribution in [0.15, 0.2) is 41.7 Å². The van der Waals surface area contributed by atoms with Crippen molar-refractivity contribution in [3.05, 3.63) is 57.8 Å². The molecule has 9 heteroatoms. The highest BCUT2D eigenvalue weighted by Crippen LogP contribution is 2.10. The lowest BCUT2D eigenvalue weighted by Gasteiger charge is -2.06. The van der Waals surface area contributed by atoms with Gasteiger partial charge in [-0.05, 0) is 24.5 Å². The third kappa shape index (κ3) is 8.60. The summed E-state index contributed by atoms with van der Waals surface area (Å²) >= 11 is 0. The van der Waals surface area contributed by atoms with Gasteiger partial charge in [-0.1, -0.05) is 44.6 Å². The van der Waals surface area contributed by atoms with E-state index in [2.05, 4.69) is 15.3 Å². The van der Waals surface area contributed by atoms with Crippen molar-refractivity contribution in [2.24, 2.45) is 4.99 Å². The number of nitro groups is 1. The molecule has 0 radical (unpaired) electrons. The molecule has 0 unspecified atom stereocenters. The molecule has 0 aliphatic heterocycles. The molecule has 9 nitrogen and oxygen atoms in total. The highest BCUT2D eigenvalue weighted by molar-refractivity contribution is 5.35. The zero-order chi connectivity index (χ0) is 21.6. The van der Waals surface area contributed by atoms with Crippen molar-refractivity contribution in [1.82, 2.24) is 9.71 Å². The average molecular weight is 418 g/mol. The number of aliphatic hydroxyl groups excluding tert-OH is 1. The van der Waals surface area contributed by atoms with Crippen LogP contribution in [0.5, 0.6) is 0 Å². The van der Waals surface area contributed by atoms with E-state index in [0.29, 0.717) is 6.54 Å². The van der Waals surface area contributed by atoms with E-state index >= 15 is 0 Å². The number of hydrogen-bond donors (Lipinski definition) is 3. The number of hydrogen-bond acceptors (Lipinski definition) is 7. The van der Waals surface area contributed by atoms with E-state index in [1.165, 1.54) is 44.0 Å². The van der Waals surface area contributed by atoms with Crippen LogP contribution >= 0.6 is 0 Å². The third-order valence-corrected chi connectivity index (χ3v) is 4.78. The normalized spacial score (nSPS) is 11.6. The fraction of sp³-hybridized carbons (Fsp3) is 0.524. The van der Waals surface area contributed by atoms with E-state index < -0.39 is 4.92 Å². The molecular formula is C21H31N5O4. The largest absolute Gasteiger partial charge is 0.427 e. The van der Waals surface area contributed by atoms with Crippen molar-refractivity contribution in [3.8, 4) is 0 Å². The van der Waals surface area contributed by atoms with Crippen molar-refractivity contribution in [1.29, 1.82) is 0 Å². The summed E-state index contributed by atoms with van der Waals surface area (Å²) in [4.78, 5) is 18.8. The van der Waals surface area contributed by atoms with Crippen molar-refractivity contribution >= 4 is 11.5 Å². The molecule has 0 saturated carbocycles. The summed E-state index contributed by atoms with van der Waals surface area (Å²) in [6.07, 6.45) is 11.9. The average Bonchev–Trinajstić information content (AvgIpc) is 2.75. The molecule has 2 heterocycles. The Labute approximate surface area is 176 Å². The predicted octanol–water partition coefficient (Wildman–Crippen LogP) is 3.65. The number of nitrogens with zero attached hydrogens (tertiary/aromatic N) is 4. The van der Waals surface area contributed by atoms with Gasteiger partial charge in [-0.3, -0.25) is 15.1 Å². The summed E-state index contributed by atoms with van der Waals surface area (Å²) < 4.78 is 0.808. The maximum atomic E-state index is 10.8. The number of unbranched alkanes of at least 4 members (excludes halogenated alkanes) is 7. The van der Waals surface area contributed by atoms with Gasteiger partial charge in [-0.15, -0.1) is 0 Å². The van der Waals surface area contributed by atoms with Crippen LogP contribution in [-0.4, -0.2) is 38.0 Å². The van der Waals surface area contributed by atoms with Gasteiger partial charge in [0, 0.05) is 25.4 Å². The fourth-order valence-electron chi connectivity index (χ4n) is 3.03. The van der Waals surface area contributed by atoms with Crippen LogP contribution < -0.4 is 10.8 Å². The topological polar surface area (TPSA) is 126 Å². The van der Waals surface area contributed by atoms with Gasteiger partial charge in [0.15, 0.2) is 5.49 Å². The van der Waals surface area contributed by atoms with Gasteiger partial charge in [0.2, 0.25) is 0 Å². The standard InChI is InChI=1S/C21H31N5O4/c27-17-18-9-10-20(24-16-18)22-12-7-5-3-1-2-4-6-8-13-23-21-15-19(26(29)30)11-14-25(21)28/h9-11,14-16,27-28H,1-8,12-13,17H2,(H,22,24). The second kappa shape index (κ2) is 13.3. The molecule has 2 rings (SSSR count). The quantitative estimate of drug-likeness (QED) is 0.186. The molecule has 0 aliphatic carbocycles. The molecular weight excluding hydrogens is 386 g/mol. The Hall–Kier alpha value is -2.94. The van der Waals surface area contributed by atoms with Gasteiger partial charge < -0.3 is 15.6 Å². The number of rotatable bonds is 14. The first-order chi connectivity index (χ1) is 14.6. The van der Waals surface area contributed by atoms with Crippen LogP contribution in [0.25, 0.3) is 0 Å². The van der Waals surface area contributed by atoms with Gasteiger partial charge in [0.05, 0.1) is 23.8 Å². The number of anilines is 1. The van der Waals surface area contributed by atoms with Gasteiger partial charge in [-0.2, -0.15) is 4.73 Å². The molecule has 3 N–H and O–H groups in total. The van der Waals surface area contributed by atoms with E-state index in [1.807, 2.05) is 12.1 Å². The molecule has 0 atom stereocenters. The molecule has 0 bridgehead atoms. The smallest absolute Gasteiger partial charge is 0.274 e. The van der Waals surface area contributed by atoms with Crippen molar-refractivity contribution < 1.29 is 15.2 Å². The first kappa shape index (κ1) is 23.3. The van der Waals surface area contributed by atoms with Gasteiger partial charge in [0.1, 0.15) is 5.82 Å². The highest BCUT2D eigenvalue weighted by Gasteiger charge is 2.05. The van der Waals surface area contributed by atoms with E-state index in [0.717, 1.165) is 48.3 Å². The Balaban J connectivity index is 1.47. The van der Waals surface area contributed by atoms with Crippen LogP contribution in [0.3, 0.4) is 0 Å². The van der Waals surface area contributed by atoms with Crippen LogP contribution in [0, 0.1) is 10.1 Å². The molecule has 0 aromatic carbocycles. The van der Waals surface area contributed by atoms with Crippen molar-refractivity contribution in [2.45, 2.75) is 58.0 Å². The Morgan fingerprint density at radius 2 is 1.77 bits per heavy atom. The lowest BCUT2D eigenvalue weighted by molar-refractivity contribution is -0.385. The molecule has 2 aromatic heterocycles. The minimum absolute atomic E-state index is 0.0164.